The van der Waals surface area contributed by atoms with Crippen LogP contribution in [0, 0.1) is 13.8 Å². The molecule has 1 atom stereocenters. The first-order valence-electron chi connectivity index (χ1n) is 12.0. The number of carbonyl (C=O) groups excluding carboxylic acids is 2. The van der Waals surface area contributed by atoms with Gasteiger partial charge >= 0.3 is 5.97 Å². The first-order chi connectivity index (χ1) is 16.0. The van der Waals surface area contributed by atoms with E-state index in [0.29, 0.717) is 30.7 Å². The summed E-state index contributed by atoms with van der Waals surface area (Å²) in [5, 5.41) is 4.31. The number of nitrogens with zero attached hydrogens (tertiary/aromatic N) is 2. The molecule has 0 aromatic heterocycles. The van der Waals surface area contributed by atoms with E-state index in [0.717, 1.165) is 55.3 Å². The second kappa shape index (κ2) is 12.4. The summed E-state index contributed by atoms with van der Waals surface area (Å²) in [6.45, 7) is 7.08. The molecular weight excluding hydrogens is 416 g/mol. The second-order valence-electron chi connectivity index (χ2n) is 8.96. The number of esters is 1. The molecule has 1 aromatic carbocycles. The number of likely N-dealkylation sites (tertiary alicyclic amines) is 1. The summed E-state index contributed by atoms with van der Waals surface area (Å²) in [6, 6.07) is 4.23. The summed E-state index contributed by atoms with van der Waals surface area (Å²) in [5.41, 5.74) is 4.07. The van der Waals surface area contributed by atoms with Crippen LogP contribution in [0.4, 0.5) is 0 Å². The third-order valence-corrected chi connectivity index (χ3v) is 6.12. The minimum atomic E-state index is -0.313. The van der Waals surface area contributed by atoms with E-state index in [2.05, 4.69) is 24.2 Å². The minimum Gasteiger partial charge on any atom is -0.462 e. The predicted octanol–water partition coefficient (Wildman–Crippen LogP) is 5.07. The zero-order chi connectivity index (χ0) is 23.6. The first kappa shape index (κ1) is 24.7. The van der Waals surface area contributed by atoms with Crippen LogP contribution in [0.5, 0.6) is 0 Å². The van der Waals surface area contributed by atoms with Gasteiger partial charge in [-0.3, -0.25) is 4.79 Å². The van der Waals surface area contributed by atoms with E-state index in [1.165, 1.54) is 0 Å². The summed E-state index contributed by atoms with van der Waals surface area (Å²) in [6.07, 6.45) is 14.3. The molecule has 0 saturated carbocycles. The number of piperidine rings is 1. The number of allylic oxidation sites excluding steroid dienone is 3. The van der Waals surface area contributed by atoms with Crippen LogP contribution >= 0.6 is 0 Å². The van der Waals surface area contributed by atoms with Crippen molar-refractivity contribution in [3.8, 4) is 0 Å². The Bertz CT molecular complexity index is 932. The number of amides is 1. The SMILES string of the molecule is Cc1cc(C)c2c(c1)C/C(=N/OCC(=O)N1CCCCC1C)C=CCC/C=C/CCOC2=O. The lowest BCUT2D eigenvalue weighted by molar-refractivity contribution is -0.139. The number of aryl methyl sites for hydroxylation is 2. The van der Waals surface area contributed by atoms with Crippen LogP contribution in [0.2, 0.25) is 0 Å². The average molecular weight is 453 g/mol. The van der Waals surface area contributed by atoms with Crippen molar-refractivity contribution >= 4 is 17.6 Å². The Labute approximate surface area is 197 Å². The third-order valence-electron chi connectivity index (χ3n) is 6.12. The fraction of sp³-hybridized carbons (Fsp3) is 0.519. The molecule has 0 aliphatic carbocycles. The molecule has 0 radical (unpaired) electrons. The monoisotopic (exact) mass is 452 g/mol. The van der Waals surface area contributed by atoms with Gasteiger partial charge in [0, 0.05) is 19.0 Å². The Hall–Kier alpha value is -2.89. The van der Waals surface area contributed by atoms with Crippen LogP contribution in [0.15, 0.2) is 41.6 Å². The van der Waals surface area contributed by atoms with E-state index in [1.54, 1.807) is 0 Å². The number of benzene rings is 1. The zero-order valence-corrected chi connectivity index (χ0v) is 20.1. The smallest absolute Gasteiger partial charge is 0.338 e. The molecule has 1 amide bonds. The summed E-state index contributed by atoms with van der Waals surface area (Å²) >= 11 is 0. The van der Waals surface area contributed by atoms with Gasteiger partial charge in [0.1, 0.15) is 0 Å². The molecular formula is C27H36N2O4. The number of oxime groups is 1. The van der Waals surface area contributed by atoms with E-state index in [9.17, 15) is 9.59 Å². The zero-order valence-electron chi connectivity index (χ0n) is 20.1. The molecule has 1 unspecified atom stereocenters. The Morgan fingerprint density at radius 2 is 1.94 bits per heavy atom. The highest BCUT2D eigenvalue weighted by atomic mass is 16.6. The van der Waals surface area contributed by atoms with Gasteiger partial charge < -0.3 is 14.5 Å². The number of rotatable bonds is 3. The first-order valence-corrected chi connectivity index (χ1v) is 12.0. The van der Waals surface area contributed by atoms with Gasteiger partial charge in [0.15, 0.2) is 6.61 Å². The fourth-order valence-corrected chi connectivity index (χ4v) is 4.47. The standard InChI is InChI=1S/C27H36N2O4/c1-20-16-21(2)26-23(17-20)18-24(13-8-6-4-5-7-11-15-32-27(26)31)28-33-19-25(30)29-14-10-9-12-22(29)3/h5,7-8,13,16-17,22H,4,6,9-12,14-15,18-19H2,1-3H3/b7-5+,13-8?,28-24+. The van der Waals surface area contributed by atoms with Crippen LogP contribution in [-0.4, -0.2) is 48.3 Å². The molecule has 3 rings (SSSR count). The van der Waals surface area contributed by atoms with Gasteiger partial charge in [0.25, 0.3) is 5.91 Å². The number of ether oxygens (including phenoxy) is 1. The van der Waals surface area contributed by atoms with Gasteiger partial charge in [0.05, 0.1) is 17.9 Å². The van der Waals surface area contributed by atoms with Crippen LogP contribution in [-0.2, 0) is 20.8 Å². The molecule has 0 N–H and O–H groups in total. The molecule has 2 aliphatic heterocycles. The topological polar surface area (TPSA) is 68.2 Å². The number of carbonyl (C=O) groups is 2. The van der Waals surface area contributed by atoms with Crippen molar-refractivity contribution in [1.29, 1.82) is 0 Å². The van der Waals surface area contributed by atoms with Gasteiger partial charge in [0.2, 0.25) is 0 Å². The lowest BCUT2D eigenvalue weighted by Crippen LogP contribution is -2.43. The van der Waals surface area contributed by atoms with E-state index in [-0.39, 0.29) is 24.5 Å². The van der Waals surface area contributed by atoms with Crippen LogP contribution in [0.3, 0.4) is 0 Å². The molecule has 1 fully saturated rings. The maximum absolute atomic E-state index is 12.8. The van der Waals surface area contributed by atoms with E-state index in [4.69, 9.17) is 9.57 Å². The molecule has 0 spiro atoms. The maximum atomic E-state index is 12.8. The lowest BCUT2D eigenvalue weighted by atomic mass is 9.95. The van der Waals surface area contributed by atoms with E-state index in [1.807, 2.05) is 43.0 Å². The molecule has 1 aromatic rings. The number of hydrogen-bond acceptors (Lipinski definition) is 5. The summed E-state index contributed by atoms with van der Waals surface area (Å²) in [4.78, 5) is 32.9. The largest absolute Gasteiger partial charge is 0.462 e. The lowest BCUT2D eigenvalue weighted by Gasteiger charge is -2.32. The summed E-state index contributed by atoms with van der Waals surface area (Å²) in [5.74, 6) is -0.344. The van der Waals surface area contributed by atoms with Gasteiger partial charge in [-0.15, -0.1) is 0 Å². The van der Waals surface area contributed by atoms with Gasteiger partial charge in [-0.2, -0.15) is 0 Å². The Kier molecular flexibility index (Phi) is 9.28. The van der Waals surface area contributed by atoms with Crippen LogP contribution in [0.25, 0.3) is 0 Å². The molecule has 0 bridgehead atoms. The van der Waals surface area contributed by atoms with Crippen molar-refractivity contribution in [2.24, 2.45) is 5.16 Å². The Balaban J connectivity index is 1.81. The molecule has 178 valence electrons. The van der Waals surface area contributed by atoms with Gasteiger partial charge in [-0.1, -0.05) is 41.1 Å². The van der Waals surface area contributed by atoms with E-state index >= 15 is 0 Å². The highest BCUT2D eigenvalue weighted by Crippen LogP contribution is 2.21. The van der Waals surface area contributed by atoms with Gasteiger partial charge in [-0.25, -0.2) is 4.79 Å². The normalized spacial score (nSPS) is 22.3. The molecule has 6 nitrogen and oxygen atoms in total. The minimum absolute atomic E-state index is 0.0303. The van der Waals surface area contributed by atoms with Crippen molar-refractivity contribution in [2.75, 3.05) is 19.8 Å². The average Bonchev–Trinajstić information content (AvgIpc) is 2.77. The van der Waals surface area contributed by atoms with Crippen LogP contribution < -0.4 is 0 Å². The van der Waals surface area contributed by atoms with Crippen molar-refractivity contribution < 1.29 is 19.2 Å². The van der Waals surface area contributed by atoms with E-state index < -0.39 is 0 Å². The quantitative estimate of drug-likeness (QED) is 0.365. The number of cyclic esters (lactones) is 1. The highest BCUT2D eigenvalue weighted by Gasteiger charge is 2.23. The van der Waals surface area contributed by atoms with Crippen LogP contribution in [0.1, 0.15) is 72.5 Å². The molecule has 33 heavy (non-hydrogen) atoms. The summed E-state index contributed by atoms with van der Waals surface area (Å²) < 4.78 is 5.53. The predicted molar refractivity (Wildman–Crippen MR) is 130 cm³/mol. The van der Waals surface area contributed by atoms with Crippen molar-refractivity contribution in [1.82, 2.24) is 4.90 Å². The van der Waals surface area contributed by atoms with Crippen molar-refractivity contribution in [3.63, 3.8) is 0 Å². The molecule has 2 aliphatic rings. The maximum Gasteiger partial charge on any atom is 0.338 e. The van der Waals surface area contributed by atoms with Gasteiger partial charge in [-0.05, 0) is 76.5 Å². The molecule has 2 heterocycles. The fourth-order valence-electron chi connectivity index (χ4n) is 4.47. The number of fused-ring (bicyclic) bond motifs is 1. The van der Waals surface area contributed by atoms with Crippen molar-refractivity contribution in [2.45, 2.75) is 71.8 Å². The number of hydrogen-bond donors (Lipinski definition) is 0. The summed E-state index contributed by atoms with van der Waals surface area (Å²) in [7, 11) is 0. The molecule has 6 heteroatoms. The Morgan fingerprint density at radius 1 is 1.15 bits per heavy atom. The molecule has 1 saturated heterocycles. The Morgan fingerprint density at radius 3 is 2.76 bits per heavy atom. The second-order valence-corrected chi connectivity index (χ2v) is 8.96. The van der Waals surface area contributed by atoms with Crippen molar-refractivity contribution in [3.05, 3.63) is 58.7 Å². The highest BCUT2D eigenvalue weighted by molar-refractivity contribution is 6.00. The third kappa shape index (κ3) is 7.31.